The molecule has 3 aromatic rings. The minimum Gasteiger partial charge on any atom is -0.493 e. The molecule has 0 atom stereocenters. The lowest BCUT2D eigenvalue weighted by Crippen LogP contribution is -2.12. The van der Waals surface area contributed by atoms with Crippen molar-refractivity contribution < 1.29 is 13.9 Å². The molecule has 3 rings (SSSR count). The predicted molar refractivity (Wildman–Crippen MR) is 99.2 cm³/mol. The molecule has 1 heterocycles. The number of halogens is 1. The summed E-state index contributed by atoms with van der Waals surface area (Å²) < 4.78 is 24.4. The zero-order valence-electron chi connectivity index (χ0n) is 14.9. The van der Waals surface area contributed by atoms with Crippen LogP contribution in [0.1, 0.15) is 16.8 Å². The molecule has 0 bridgehead atoms. The van der Waals surface area contributed by atoms with Crippen LogP contribution in [0.5, 0.6) is 11.5 Å². The Hall–Kier alpha value is -3.59. The Labute approximate surface area is 155 Å². The highest BCUT2D eigenvalue weighted by molar-refractivity contribution is 5.72. The molecule has 0 aliphatic carbocycles. The van der Waals surface area contributed by atoms with Gasteiger partial charge in [0.2, 0.25) is 0 Å². The van der Waals surface area contributed by atoms with Crippen LogP contribution in [0.4, 0.5) is 4.39 Å². The van der Waals surface area contributed by atoms with Crippen molar-refractivity contribution >= 4 is 0 Å². The number of nitriles is 1. The molecule has 0 unspecified atom stereocenters. The molecule has 2 aromatic carbocycles. The van der Waals surface area contributed by atoms with E-state index >= 15 is 0 Å². The number of benzene rings is 2. The van der Waals surface area contributed by atoms with Gasteiger partial charge in [0.05, 0.1) is 7.11 Å². The number of nitrogens with one attached hydrogen (secondary N) is 1. The van der Waals surface area contributed by atoms with Gasteiger partial charge in [0.1, 0.15) is 24.1 Å². The number of rotatable bonds is 5. The van der Waals surface area contributed by atoms with E-state index in [1.54, 1.807) is 43.3 Å². The minimum absolute atomic E-state index is 0.0380. The Bertz CT molecular complexity index is 1080. The maximum absolute atomic E-state index is 13.3. The SMILES string of the molecule is COc1cc(-c2cc(C)[nH]c(=O)c2C#N)ccc1OCc1cccc(F)c1. The maximum atomic E-state index is 13.3. The van der Waals surface area contributed by atoms with Crippen molar-refractivity contribution in [2.24, 2.45) is 0 Å². The third-order valence-electron chi connectivity index (χ3n) is 4.04. The molecular formula is C21H17FN2O3. The summed E-state index contributed by atoms with van der Waals surface area (Å²) in [5.41, 5.74) is 2.14. The number of methoxy groups -OCH3 is 1. The van der Waals surface area contributed by atoms with Gasteiger partial charge in [-0.15, -0.1) is 0 Å². The Kier molecular flexibility index (Phi) is 5.23. The molecule has 0 spiro atoms. The summed E-state index contributed by atoms with van der Waals surface area (Å²) in [5, 5.41) is 9.31. The highest BCUT2D eigenvalue weighted by Gasteiger charge is 2.13. The molecule has 0 aliphatic heterocycles. The lowest BCUT2D eigenvalue weighted by atomic mass is 10.0. The van der Waals surface area contributed by atoms with E-state index in [9.17, 15) is 14.4 Å². The number of aromatic amines is 1. The Morgan fingerprint density at radius 3 is 2.67 bits per heavy atom. The standard InChI is InChI=1S/C21H17FN2O3/c1-13-8-17(18(11-23)21(25)24-13)15-6-7-19(20(10-15)26-2)27-12-14-4-3-5-16(22)9-14/h3-10H,12H2,1-2H3,(H,24,25). The van der Waals surface area contributed by atoms with Crippen LogP contribution in [0.15, 0.2) is 53.3 Å². The van der Waals surface area contributed by atoms with Gasteiger partial charge in [0, 0.05) is 11.3 Å². The molecular weight excluding hydrogens is 347 g/mol. The zero-order valence-corrected chi connectivity index (χ0v) is 14.9. The van der Waals surface area contributed by atoms with E-state index in [-0.39, 0.29) is 18.0 Å². The van der Waals surface area contributed by atoms with Gasteiger partial charge in [0.15, 0.2) is 11.5 Å². The largest absolute Gasteiger partial charge is 0.493 e. The third kappa shape index (κ3) is 3.98. The fourth-order valence-electron chi connectivity index (χ4n) is 2.77. The molecule has 6 heteroatoms. The fourth-order valence-corrected chi connectivity index (χ4v) is 2.77. The van der Waals surface area contributed by atoms with Gasteiger partial charge in [-0.05, 0) is 48.4 Å². The second-order valence-corrected chi connectivity index (χ2v) is 5.97. The number of aryl methyl sites for hydroxylation is 1. The molecule has 0 radical (unpaired) electrons. The third-order valence-corrected chi connectivity index (χ3v) is 4.04. The van der Waals surface area contributed by atoms with E-state index in [4.69, 9.17) is 9.47 Å². The molecule has 136 valence electrons. The van der Waals surface area contributed by atoms with Crippen LogP contribution in [0, 0.1) is 24.1 Å². The van der Waals surface area contributed by atoms with Crippen molar-refractivity contribution in [2.75, 3.05) is 7.11 Å². The Balaban J connectivity index is 1.94. The molecule has 1 aromatic heterocycles. The van der Waals surface area contributed by atoms with Crippen molar-refractivity contribution in [3.05, 3.63) is 81.5 Å². The first-order valence-corrected chi connectivity index (χ1v) is 8.21. The van der Waals surface area contributed by atoms with Crippen LogP contribution >= 0.6 is 0 Å². The van der Waals surface area contributed by atoms with E-state index in [0.717, 1.165) is 0 Å². The van der Waals surface area contributed by atoms with Crippen LogP contribution in [-0.4, -0.2) is 12.1 Å². The van der Waals surface area contributed by atoms with Crippen LogP contribution in [0.3, 0.4) is 0 Å². The molecule has 0 saturated carbocycles. The number of pyridine rings is 1. The van der Waals surface area contributed by atoms with Crippen molar-refractivity contribution in [2.45, 2.75) is 13.5 Å². The Morgan fingerprint density at radius 1 is 1.15 bits per heavy atom. The van der Waals surface area contributed by atoms with Crippen molar-refractivity contribution in [1.29, 1.82) is 5.26 Å². The first kappa shape index (κ1) is 18.2. The molecule has 0 aliphatic rings. The van der Waals surface area contributed by atoms with E-state index in [2.05, 4.69) is 4.98 Å². The van der Waals surface area contributed by atoms with Gasteiger partial charge >= 0.3 is 0 Å². The summed E-state index contributed by atoms with van der Waals surface area (Å²) in [4.78, 5) is 14.6. The van der Waals surface area contributed by atoms with Gasteiger partial charge in [-0.1, -0.05) is 18.2 Å². The monoisotopic (exact) mass is 364 g/mol. The highest BCUT2D eigenvalue weighted by atomic mass is 19.1. The summed E-state index contributed by atoms with van der Waals surface area (Å²) in [5.74, 6) is 0.600. The van der Waals surface area contributed by atoms with E-state index in [0.29, 0.717) is 33.9 Å². The van der Waals surface area contributed by atoms with Crippen molar-refractivity contribution in [3.8, 4) is 28.7 Å². The minimum atomic E-state index is -0.433. The lowest BCUT2D eigenvalue weighted by molar-refractivity contribution is 0.284. The van der Waals surface area contributed by atoms with Gasteiger partial charge < -0.3 is 14.5 Å². The molecule has 5 nitrogen and oxygen atoms in total. The summed E-state index contributed by atoms with van der Waals surface area (Å²) in [6.45, 7) is 1.93. The smallest absolute Gasteiger partial charge is 0.266 e. The van der Waals surface area contributed by atoms with Crippen LogP contribution in [-0.2, 0) is 6.61 Å². The first-order valence-electron chi connectivity index (χ1n) is 8.21. The van der Waals surface area contributed by atoms with Gasteiger partial charge in [-0.2, -0.15) is 5.26 Å². The highest BCUT2D eigenvalue weighted by Crippen LogP contribution is 2.33. The number of H-pyrrole nitrogens is 1. The average Bonchev–Trinajstić information content (AvgIpc) is 2.65. The number of hydrogen-bond acceptors (Lipinski definition) is 4. The van der Waals surface area contributed by atoms with Crippen molar-refractivity contribution in [3.63, 3.8) is 0 Å². The Morgan fingerprint density at radius 2 is 1.96 bits per heavy atom. The van der Waals surface area contributed by atoms with E-state index < -0.39 is 5.56 Å². The molecule has 1 N–H and O–H groups in total. The number of aromatic nitrogens is 1. The summed E-state index contributed by atoms with van der Waals surface area (Å²) in [7, 11) is 1.50. The topological polar surface area (TPSA) is 75.1 Å². The second-order valence-electron chi connectivity index (χ2n) is 5.97. The molecule has 0 saturated heterocycles. The van der Waals surface area contributed by atoms with Gasteiger partial charge in [0.25, 0.3) is 5.56 Å². The van der Waals surface area contributed by atoms with Crippen LogP contribution in [0.2, 0.25) is 0 Å². The number of hydrogen-bond donors (Lipinski definition) is 1. The summed E-state index contributed by atoms with van der Waals surface area (Å²) in [6.07, 6.45) is 0. The quantitative estimate of drug-likeness (QED) is 0.744. The van der Waals surface area contributed by atoms with E-state index in [1.165, 1.54) is 19.2 Å². The van der Waals surface area contributed by atoms with Crippen molar-refractivity contribution in [1.82, 2.24) is 4.98 Å². The first-order chi connectivity index (χ1) is 13.0. The molecule has 27 heavy (non-hydrogen) atoms. The van der Waals surface area contributed by atoms with E-state index in [1.807, 2.05) is 6.07 Å². The van der Waals surface area contributed by atoms with Crippen LogP contribution < -0.4 is 15.0 Å². The second kappa shape index (κ2) is 7.75. The average molecular weight is 364 g/mol. The predicted octanol–water partition coefficient (Wildman–Crippen LogP) is 3.95. The molecule has 0 fully saturated rings. The van der Waals surface area contributed by atoms with Crippen LogP contribution in [0.25, 0.3) is 11.1 Å². The molecule has 0 amide bonds. The normalized spacial score (nSPS) is 10.3. The fraction of sp³-hybridized carbons (Fsp3) is 0.143. The zero-order chi connectivity index (χ0) is 19.4. The lowest BCUT2D eigenvalue weighted by Gasteiger charge is -2.13. The maximum Gasteiger partial charge on any atom is 0.266 e. The summed E-state index contributed by atoms with van der Waals surface area (Å²) >= 11 is 0. The number of nitrogens with zero attached hydrogens (tertiary/aromatic N) is 1. The van der Waals surface area contributed by atoms with Gasteiger partial charge in [-0.3, -0.25) is 4.79 Å². The summed E-state index contributed by atoms with van der Waals surface area (Å²) in [6, 6.07) is 15.0. The number of ether oxygens (including phenoxy) is 2. The van der Waals surface area contributed by atoms with Gasteiger partial charge in [-0.25, -0.2) is 4.39 Å².